The molecule has 0 spiro atoms. The monoisotopic (exact) mass is 881 g/mol. The Bertz CT molecular complexity index is 1760. The molecule has 0 radical (unpaired) electrons. The minimum Gasteiger partial charge on any atom is -0.495 e. The molecule has 0 saturated carbocycles. The normalized spacial score (nSPS) is 29.0. The van der Waals surface area contributed by atoms with Gasteiger partial charge in [0.1, 0.15) is 34.6 Å². The van der Waals surface area contributed by atoms with Crippen LogP contribution in [-0.2, 0) is 44.5 Å². The SMILES string of the molecule is COc1cc2cc(c1Cl)N(C)C(=O)C[C@H](OC(=O)[C@H](C)N(C)C(=O)CCC(C)SSC(C)CCC(=O)O)[C@]1(C)O[C@H]1[C@H](C)[C@@H]1C[C@@H](NC(=O)O1)[C@H](OC)/C=C/C=C(\C)C2. The molecule has 328 valence electrons. The molecule has 2 fully saturated rings. The number of methoxy groups -OCH3 is 2. The molecule has 14 nitrogen and oxygen atoms in total. The zero-order chi connectivity index (χ0) is 43.8. The van der Waals surface area contributed by atoms with Gasteiger partial charge in [-0.1, -0.05) is 77.8 Å². The lowest BCUT2D eigenvalue weighted by molar-refractivity contribution is -0.162. The summed E-state index contributed by atoms with van der Waals surface area (Å²) in [5.74, 6) is -2.17. The molecule has 4 rings (SSSR count). The number of ether oxygens (including phenoxy) is 5. The number of amides is 3. The van der Waals surface area contributed by atoms with Crippen molar-refractivity contribution >= 4 is 68.7 Å². The average Bonchev–Trinajstić information content (AvgIpc) is 3.90. The Labute approximate surface area is 360 Å². The Morgan fingerprint density at radius 2 is 1.78 bits per heavy atom. The molecule has 3 aliphatic rings. The third-order valence-corrected chi connectivity index (χ3v) is 15.3. The lowest BCUT2D eigenvalue weighted by Crippen LogP contribution is -2.53. The van der Waals surface area contributed by atoms with E-state index in [0.717, 1.165) is 11.1 Å². The zero-order valence-electron chi connectivity index (χ0n) is 35.7. The van der Waals surface area contributed by atoms with Crippen molar-refractivity contribution in [2.75, 3.05) is 33.2 Å². The average molecular weight is 883 g/mol. The van der Waals surface area contributed by atoms with Crippen LogP contribution >= 0.6 is 33.2 Å². The Morgan fingerprint density at radius 1 is 1.12 bits per heavy atom. The van der Waals surface area contributed by atoms with E-state index in [1.165, 1.54) is 16.9 Å². The smallest absolute Gasteiger partial charge is 0.407 e. The predicted octanol–water partition coefficient (Wildman–Crippen LogP) is 7.00. The van der Waals surface area contributed by atoms with E-state index >= 15 is 0 Å². The van der Waals surface area contributed by atoms with E-state index in [9.17, 15) is 24.0 Å². The van der Waals surface area contributed by atoms with Crippen LogP contribution in [-0.4, -0.2) is 121 Å². The van der Waals surface area contributed by atoms with Crippen LogP contribution in [0.2, 0.25) is 5.02 Å². The number of nitrogens with zero attached hydrogens (tertiary/aromatic N) is 2. The van der Waals surface area contributed by atoms with Crippen LogP contribution in [0.25, 0.3) is 0 Å². The second-order valence-corrected chi connectivity index (χ2v) is 19.5. The quantitative estimate of drug-likeness (QED) is 0.111. The van der Waals surface area contributed by atoms with Gasteiger partial charge in [0.15, 0.2) is 0 Å². The van der Waals surface area contributed by atoms with E-state index in [0.29, 0.717) is 37.1 Å². The van der Waals surface area contributed by atoms with Gasteiger partial charge in [0.05, 0.1) is 37.5 Å². The number of epoxide rings is 1. The number of benzene rings is 1. The first kappa shape index (κ1) is 48.2. The van der Waals surface area contributed by atoms with Crippen molar-refractivity contribution in [3.8, 4) is 5.75 Å². The maximum atomic E-state index is 14.2. The maximum absolute atomic E-state index is 14.2. The van der Waals surface area contributed by atoms with Crippen molar-refractivity contribution in [3.05, 3.63) is 46.5 Å². The van der Waals surface area contributed by atoms with Gasteiger partial charge in [-0.2, -0.15) is 0 Å². The summed E-state index contributed by atoms with van der Waals surface area (Å²) < 4.78 is 29.7. The van der Waals surface area contributed by atoms with Crippen LogP contribution in [0, 0.1) is 5.92 Å². The molecule has 2 unspecified atom stereocenters. The molecule has 10 atom stereocenters. The number of allylic oxidation sites excluding steroid dienone is 3. The van der Waals surface area contributed by atoms with Crippen LogP contribution in [0.3, 0.4) is 0 Å². The molecule has 1 aromatic carbocycles. The fraction of sp³-hybridized carbons (Fsp3) is 0.643. The van der Waals surface area contributed by atoms with Gasteiger partial charge in [0.25, 0.3) is 0 Å². The molecular formula is C42H60ClN3O11S2. The number of rotatable bonds is 14. The Hall–Kier alpha value is -3.44. The highest BCUT2D eigenvalue weighted by Crippen LogP contribution is 2.49. The van der Waals surface area contributed by atoms with Gasteiger partial charge in [-0.25, -0.2) is 9.59 Å². The molecule has 0 aliphatic carbocycles. The Balaban J connectivity index is 1.58. The number of nitrogens with one attached hydrogen (secondary N) is 1. The van der Waals surface area contributed by atoms with E-state index < -0.39 is 66.0 Å². The summed E-state index contributed by atoms with van der Waals surface area (Å²) in [6.07, 6.45) is 4.49. The number of anilines is 1. The van der Waals surface area contributed by atoms with Crippen molar-refractivity contribution in [2.24, 2.45) is 5.92 Å². The highest BCUT2D eigenvalue weighted by Gasteiger charge is 2.64. The van der Waals surface area contributed by atoms with E-state index in [1.54, 1.807) is 56.6 Å². The molecule has 3 heterocycles. The number of alkyl carbamates (subject to hydrolysis) is 1. The van der Waals surface area contributed by atoms with E-state index in [4.69, 9.17) is 40.4 Å². The van der Waals surface area contributed by atoms with Crippen molar-refractivity contribution in [3.63, 3.8) is 0 Å². The van der Waals surface area contributed by atoms with Crippen LogP contribution in [0.5, 0.6) is 5.75 Å². The van der Waals surface area contributed by atoms with E-state index in [1.807, 2.05) is 58.1 Å². The number of fused-ring (bicyclic) bond motifs is 5. The highest BCUT2D eigenvalue weighted by atomic mass is 35.5. The summed E-state index contributed by atoms with van der Waals surface area (Å²) >= 11 is 6.80. The van der Waals surface area contributed by atoms with Crippen LogP contribution in [0.15, 0.2) is 35.9 Å². The van der Waals surface area contributed by atoms with Crippen molar-refractivity contribution in [1.29, 1.82) is 0 Å². The largest absolute Gasteiger partial charge is 0.495 e. The fourth-order valence-electron chi connectivity index (χ4n) is 7.28. The first-order valence-corrected chi connectivity index (χ1v) is 22.6. The lowest BCUT2D eigenvalue weighted by atomic mass is 9.84. The van der Waals surface area contributed by atoms with Gasteiger partial charge < -0.3 is 43.9 Å². The van der Waals surface area contributed by atoms with Gasteiger partial charge in [0, 0.05) is 56.9 Å². The van der Waals surface area contributed by atoms with Crippen molar-refractivity contribution in [2.45, 2.75) is 139 Å². The van der Waals surface area contributed by atoms with Crippen LogP contribution in [0.1, 0.15) is 85.6 Å². The second kappa shape index (κ2) is 21.4. The zero-order valence-corrected chi connectivity index (χ0v) is 38.0. The van der Waals surface area contributed by atoms with Gasteiger partial charge in [-0.05, 0) is 57.7 Å². The van der Waals surface area contributed by atoms with Crippen molar-refractivity contribution in [1.82, 2.24) is 10.2 Å². The number of aliphatic carboxylic acids is 1. The molecule has 3 amide bonds. The van der Waals surface area contributed by atoms with Gasteiger partial charge in [-0.15, -0.1) is 0 Å². The number of halogens is 1. The number of hydrogen-bond donors (Lipinski definition) is 2. The number of carboxylic acids is 1. The predicted molar refractivity (Wildman–Crippen MR) is 230 cm³/mol. The number of carbonyl (C=O) groups is 5. The van der Waals surface area contributed by atoms with Gasteiger partial charge in [-0.3, -0.25) is 14.4 Å². The van der Waals surface area contributed by atoms with E-state index in [-0.39, 0.29) is 46.6 Å². The number of esters is 1. The molecule has 4 bridgehead atoms. The molecule has 3 aliphatic heterocycles. The molecule has 2 N–H and O–H groups in total. The molecule has 2 saturated heterocycles. The van der Waals surface area contributed by atoms with E-state index in [2.05, 4.69) is 5.32 Å². The third-order valence-electron chi connectivity index (χ3n) is 11.4. The van der Waals surface area contributed by atoms with Crippen LogP contribution < -0.4 is 15.0 Å². The molecule has 1 aromatic rings. The minimum atomic E-state index is -1.15. The fourth-order valence-corrected chi connectivity index (χ4v) is 10.1. The first-order chi connectivity index (χ1) is 27.8. The molecular weight excluding hydrogens is 822 g/mol. The summed E-state index contributed by atoms with van der Waals surface area (Å²) in [4.78, 5) is 68.0. The molecule has 0 aromatic heterocycles. The van der Waals surface area contributed by atoms with Gasteiger partial charge >= 0.3 is 18.0 Å². The minimum absolute atomic E-state index is 0.105. The summed E-state index contributed by atoms with van der Waals surface area (Å²) in [6, 6.07) is 2.26. The Morgan fingerprint density at radius 3 is 2.41 bits per heavy atom. The first-order valence-electron chi connectivity index (χ1n) is 19.9. The number of hydrogen-bond acceptors (Lipinski definition) is 12. The lowest BCUT2D eigenvalue weighted by Gasteiger charge is -2.36. The number of carboxylic acid groups (broad SMARTS) is 1. The Kier molecular flexibility index (Phi) is 17.5. The summed E-state index contributed by atoms with van der Waals surface area (Å²) in [7, 11) is 9.43. The standard InChI is InChI=1S/C42H60ClN3O11S2/c1-23-12-11-13-31(53-9)29-21-32(55-41(52)44-29)26(4)39-42(6,57-39)34(22-36(48)46(8)30-19-28(18-23)20-33(54-10)38(30)43)56-40(51)27(5)45(7)35(47)16-14-24(2)58-59-25(3)15-17-37(49)50/h11-13,19-20,24-27,29,31-32,34,39H,14-18,21-22H2,1-10H3,(H,44,52)(H,49,50)/b13-11+,23-12+/t24?,25?,26-,27+,29-,31-,32+,34+,39+,42+/m1/s1. The summed E-state index contributed by atoms with van der Waals surface area (Å²) in [5, 5.41) is 12.3. The van der Waals surface area contributed by atoms with Crippen molar-refractivity contribution < 1.29 is 52.8 Å². The highest BCUT2D eigenvalue weighted by molar-refractivity contribution is 8.77. The summed E-state index contributed by atoms with van der Waals surface area (Å²) in [5.41, 5.74) is 1.11. The van der Waals surface area contributed by atoms with Gasteiger partial charge in [0.2, 0.25) is 11.8 Å². The summed E-state index contributed by atoms with van der Waals surface area (Å²) in [6.45, 7) is 11.2. The topological polar surface area (TPSA) is 174 Å². The second-order valence-electron chi connectivity index (χ2n) is 16.0. The molecule has 17 heteroatoms. The number of likely N-dealkylation sites (N-methyl/N-ethyl adjacent to an activating group) is 1. The van der Waals surface area contributed by atoms with Crippen LogP contribution in [0.4, 0.5) is 10.5 Å². The number of carbonyl (C=O) groups excluding carboxylic acids is 4. The third kappa shape index (κ3) is 12.8. The maximum Gasteiger partial charge on any atom is 0.407 e. The molecule has 59 heavy (non-hydrogen) atoms.